The van der Waals surface area contributed by atoms with Crippen LogP contribution >= 0.6 is 0 Å². The Kier molecular flexibility index (Phi) is 6.27. The van der Waals surface area contributed by atoms with Gasteiger partial charge in [0.15, 0.2) is 0 Å². The van der Waals surface area contributed by atoms with Gasteiger partial charge in [-0.1, -0.05) is 12.1 Å². The van der Waals surface area contributed by atoms with Crippen molar-refractivity contribution in [3.05, 3.63) is 71.1 Å². The topological polar surface area (TPSA) is 109 Å². The summed E-state index contributed by atoms with van der Waals surface area (Å²) >= 11 is 0. The quantitative estimate of drug-likeness (QED) is 0.406. The number of carbonyl (C=O) groups is 1. The number of rotatable bonds is 6. The molecule has 4 aromatic rings. The fraction of sp³-hybridized carbons (Fsp3) is 0.321. The molecule has 176 valence electrons. The van der Waals surface area contributed by atoms with Crippen LogP contribution in [-0.2, 0) is 6.54 Å². The molecule has 5 rings (SSSR count). The van der Waals surface area contributed by atoms with Gasteiger partial charge >= 0.3 is 0 Å². The lowest BCUT2D eigenvalue weighted by atomic mass is 9.89. The Morgan fingerprint density at radius 1 is 1.17 bits per heavy atom. The maximum absolute atomic E-state index is 13.4. The zero-order valence-corrected chi connectivity index (χ0v) is 19.7. The second kappa shape index (κ2) is 9.66. The van der Waals surface area contributed by atoms with Crippen molar-refractivity contribution < 1.29 is 9.21 Å². The third-order valence-electron chi connectivity index (χ3n) is 7.00. The van der Waals surface area contributed by atoms with E-state index in [1.54, 1.807) is 12.1 Å². The Morgan fingerprint density at radius 3 is 2.83 bits per heavy atom. The van der Waals surface area contributed by atoms with Gasteiger partial charge in [-0.2, -0.15) is 10.5 Å². The number of nitrogens with one attached hydrogen (secondary N) is 2. The normalized spacial score (nSPS) is 17.8. The molecule has 7 nitrogen and oxygen atoms in total. The van der Waals surface area contributed by atoms with Gasteiger partial charge in [-0.15, -0.1) is 0 Å². The van der Waals surface area contributed by atoms with Gasteiger partial charge < -0.3 is 19.6 Å². The van der Waals surface area contributed by atoms with Crippen LogP contribution in [0.4, 0.5) is 0 Å². The van der Waals surface area contributed by atoms with Crippen molar-refractivity contribution >= 4 is 27.8 Å². The third kappa shape index (κ3) is 4.39. The lowest BCUT2D eigenvalue weighted by molar-refractivity contribution is 0.0622. The number of fused-ring (bicyclic) bond motifs is 2. The zero-order valence-electron chi connectivity index (χ0n) is 19.7. The summed E-state index contributed by atoms with van der Waals surface area (Å²) in [5.74, 6) is 0.644. The van der Waals surface area contributed by atoms with Crippen LogP contribution in [0.3, 0.4) is 0 Å². The second-order valence-corrected chi connectivity index (χ2v) is 9.09. The number of nitrogens with zero attached hydrogens (tertiary/aromatic N) is 3. The molecule has 1 aliphatic carbocycles. The van der Waals surface area contributed by atoms with E-state index in [0.29, 0.717) is 35.7 Å². The molecule has 7 heteroatoms. The SMILES string of the molecule is CCN(C(=O)c1cc2cc(C#N)ccc2[nH]1)C1CCCC(NCc2oc3ccccc3c2C#N)C1. The number of aromatic amines is 1. The van der Waals surface area contributed by atoms with E-state index in [1.807, 2.05) is 48.2 Å². The average molecular weight is 466 g/mol. The molecule has 35 heavy (non-hydrogen) atoms. The first-order valence-electron chi connectivity index (χ1n) is 12.1. The van der Waals surface area contributed by atoms with Gasteiger partial charge in [-0.25, -0.2) is 0 Å². The summed E-state index contributed by atoms with van der Waals surface area (Å²) in [5, 5.41) is 24.1. The van der Waals surface area contributed by atoms with Crippen molar-refractivity contribution in [2.24, 2.45) is 0 Å². The molecule has 2 atom stereocenters. The van der Waals surface area contributed by atoms with Gasteiger partial charge in [0.05, 0.1) is 18.2 Å². The molecule has 2 N–H and O–H groups in total. The maximum atomic E-state index is 13.4. The summed E-state index contributed by atoms with van der Waals surface area (Å²) in [6, 6.07) is 19.6. The second-order valence-electron chi connectivity index (χ2n) is 9.09. The summed E-state index contributed by atoms with van der Waals surface area (Å²) in [4.78, 5) is 18.6. The first kappa shape index (κ1) is 22.7. The Labute approximate surface area is 203 Å². The Balaban J connectivity index is 1.28. The van der Waals surface area contributed by atoms with E-state index in [9.17, 15) is 10.1 Å². The highest BCUT2D eigenvalue weighted by Crippen LogP contribution is 2.28. The number of amides is 1. The predicted octanol–water partition coefficient (Wildman–Crippen LogP) is 5.22. The van der Waals surface area contributed by atoms with Gasteiger partial charge in [0.25, 0.3) is 5.91 Å². The predicted molar refractivity (Wildman–Crippen MR) is 134 cm³/mol. The van der Waals surface area contributed by atoms with Gasteiger partial charge in [-0.3, -0.25) is 4.79 Å². The molecular weight excluding hydrogens is 438 g/mol. The van der Waals surface area contributed by atoms with Gasteiger partial charge in [0.1, 0.15) is 28.7 Å². The molecule has 1 amide bonds. The molecule has 0 aliphatic heterocycles. The van der Waals surface area contributed by atoms with Crippen LogP contribution in [-0.4, -0.2) is 34.4 Å². The van der Waals surface area contributed by atoms with E-state index in [1.165, 1.54) is 0 Å². The van der Waals surface area contributed by atoms with Crippen molar-refractivity contribution in [1.82, 2.24) is 15.2 Å². The molecular formula is C28H27N5O2. The molecule has 0 radical (unpaired) electrons. The van der Waals surface area contributed by atoms with Crippen LogP contribution in [0.5, 0.6) is 0 Å². The van der Waals surface area contributed by atoms with Crippen LogP contribution in [0.25, 0.3) is 21.9 Å². The van der Waals surface area contributed by atoms with Crippen molar-refractivity contribution in [2.75, 3.05) is 6.54 Å². The lowest BCUT2D eigenvalue weighted by Gasteiger charge is -2.37. The van der Waals surface area contributed by atoms with Crippen molar-refractivity contribution in [2.45, 2.75) is 51.2 Å². The van der Waals surface area contributed by atoms with Crippen LogP contribution in [0.15, 0.2) is 52.9 Å². The number of H-pyrrole nitrogens is 1. The van der Waals surface area contributed by atoms with Gasteiger partial charge in [-0.05, 0) is 69.0 Å². The monoisotopic (exact) mass is 465 g/mol. The summed E-state index contributed by atoms with van der Waals surface area (Å²) < 4.78 is 5.94. The number of hydrogen-bond donors (Lipinski definition) is 2. The molecule has 1 saturated carbocycles. The van der Waals surface area contributed by atoms with Gasteiger partial charge in [0.2, 0.25) is 0 Å². The molecule has 1 fully saturated rings. The fourth-order valence-electron chi connectivity index (χ4n) is 5.25. The molecule has 2 aromatic carbocycles. The minimum Gasteiger partial charge on any atom is -0.458 e. The largest absolute Gasteiger partial charge is 0.458 e. The smallest absolute Gasteiger partial charge is 0.270 e. The average Bonchev–Trinajstić information content (AvgIpc) is 3.48. The first-order valence-corrected chi connectivity index (χ1v) is 12.1. The Hall–Kier alpha value is -4.07. The molecule has 0 saturated heterocycles. The number of para-hydroxylation sites is 1. The van der Waals surface area contributed by atoms with Crippen LogP contribution < -0.4 is 5.32 Å². The minimum atomic E-state index is -0.0168. The summed E-state index contributed by atoms with van der Waals surface area (Å²) in [7, 11) is 0. The number of carbonyl (C=O) groups excluding carboxylic acids is 1. The van der Waals surface area contributed by atoms with E-state index in [4.69, 9.17) is 9.68 Å². The Bertz CT molecular complexity index is 1470. The summed E-state index contributed by atoms with van der Waals surface area (Å²) in [6.45, 7) is 3.12. The van der Waals surface area contributed by atoms with E-state index in [2.05, 4.69) is 22.4 Å². The molecule has 2 heterocycles. The zero-order chi connectivity index (χ0) is 24.4. The number of aromatic nitrogens is 1. The summed E-state index contributed by atoms with van der Waals surface area (Å²) in [6.07, 6.45) is 3.86. The first-order chi connectivity index (χ1) is 17.1. The number of benzene rings is 2. The van der Waals surface area contributed by atoms with E-state index >= 15 is 0 Å². The summed E-state index contributed by atoms with van der Waals surface area (Å²) in [5.41, 5.74) is 3.29. The maximum Gasteiger partial charge on any atom is 0.270 e. The highest BCUT2D eigenvalue weighted by molar-refractivity contribution is 5.98. The van der Waals surface area contributed by atoms with Crippen LogP contribution in [0.2, 0.25) is 0 Å². The fourth-order valence-corrected chi connectivity index (χ4v) is 5.25. The molecule has 1 aliphatic rings. The number of furan rings is 1. The third-order valence-corrected chi connectivity index (χ3v) is 7.00. The van der Waals surface area contributed by atoms with Crippen molar-refractivity contribution in [3.63, 3.8) is 0 Å². The highest BCUT2D eigenvalue weighted by Gasteiger charge is 2.30. The van der Waals surface area contributed by atoms with Crippen LogP contribution in [0, 0.1) is 22.7 Å². The molecule has 0 bridgehead atoms. The van der Waals surface area contributed by atoms with E-state index < -0.39 is 0 Å². The van der Waals surface area contributed by atoms with Gasteiger partial charge in [0, 0.05) is 34.9 Å². The molecule has 0 spiro atoms. The molecule has 2 aromatic heterocycles. The van der Waals surface area contributed by atoms with Crippen LogP contribution in [0.1, 0.15) is 60.0 Å². The van der Waals surface area contributed by atoms with Crippen molar-refractivity contribution in [3.8, 4) is 12.1 Å². The number of nitriles is 2. The van der Waals surface area contributed by atoms with E-state index in [-0.39, 0.29) is 18.0 Å². The highest BCUT2D eigenvalue weighted by atomic mass is 16.3. The Morgan fingerprint density at radius 2 is 2.03 bits per heavy atom. The van der Waals surface area contributed by atoms with Crippen molar-refractivity contribution in [1.29, 1.82) is 10.5 Å². The standard InChI is InChI=1S/C28H27N5O2/c1-2-33(28(34)25-13-19-12-18(15-29)10-11-24(19)32-25)21-7-5-6-20(14-21)31-17-27-23(16-30)22-8-3-4-9-26(22)35-27/h3-4,8-13,20-21,31-32H,2,5-7,14,17H2,1H3. The minimum absolute atomic E-state index is 0.0168. The number of hydrogen-bond acceptors (Lipinski definition) is 5. The van der Waals surface area contributed by atoms with E-state index in [0.717, 1.165) is 47.6 Å². The lowest BCUT2D eigenvalue weighted by Crippen LogP contribution is -2.46. The molecule has 2 unspecified atom stereocenters.